The molecule has 0 N–H and O–H groups in total. The van der Waals surface area contributed by atoms with Gasteiger partial charge in [-0.15, -0.1) is 0 Å². The SMILES string of the molecule is CN(C)CCCCc1ccc(-c2nn(CC#N)c3ncccc23)cc1. The Morgan fingerprint density at radius 3 is 2.64 bits per heavy atom. The second-order valence-electron chi connectivity index (χ2n) is 6.50. The first-order valence-corrected chi connectivity index (χ1v) is 8.61. The summed E-state index contributed by atoms with van der Waals surface area (Å²) in [7, 11) is 4.22. The van der Waals surface area contributed by atoms with Crippen molar-refractivity contribution in [1.29, 1.82) is 5.26 Å². The summed E-state index contributed by atoms with van der Waals surface area (Å²) in [6, 6.07) is 14.6. The first kappa shape index (κ1) is 17.1. The number of hydrogen-bond donors (Lipinski definition) is 0. The van der Waals surface area contributed by atoms with Gasteiger partial charge in [0.2, 0.25) is 0 Å². The molecule has 0 aliphatic rings. The fraction of sp³-hybridized carbons (Fsp3) is 0.350. The molecule has 0 spiro atoms. The molecule has 1 aromatic carbocycles. The maximum absolute atomic E-state index is 8.99. The maximum atomic E-state index is 8.99. The lowest BCUT2D eigenvalue weighted by Crippen LogP contribution is -2.12. The zero-order chi connectivity index (χ0) is 17.6. The average Bonchev–Trinajstić information content (AvgIpc) is 2.98. The average molecular weight is 333 g/mol. The standard InChI is InChI=1S/C20H23N5/c1-24(2)14-4-3-6-16-8-10-17(11-9-16)19-18-7-5-13-22-20(18)25(23-19)15-12-21/h5,7-11,13H,3-4,6,14-15H2,1-2H3. The minimum Gasteiger partial charge on any atom is -0.309 e. The number of nitriles is 1. The van der Waals surface area contributed by atoms with E-state index in [-0.39, 0.29) is 6.54 Å². The molecule has 0 saturated carbocycles. The lowest BCUT2D eigenvalue weighted by atomic mass is 10.0. The van der Waals surface area contributed by atoms with Crippen LogP contribution in [0.4, 0.5) is 0 Å². The molecule has 0 radical (unpaired) electrons. The van der Waals surface area contributed by atoms with Crippen molar-refractivity contribution in [2.24, 2.45) is 0 Å². The van der Waals surface area contributed by atoms with E-state index in [1.165, 1.54) is 18.4 Å². The smallest absolute Gasteiger partial charge is 0.159 e. The van der Waals surface area contributed by atoms with Gasteiger partial charge in [-0.1, -0.05) is 24.3 Å². The Bertz CT molecular complexity index is 871. The number of nitrogens with zero attached hydrogens (tertiary/aromatic N) is 5. The van der Waals surface area contributed by atoms with Crippen LogP contribution < -0.4 is 0 Å². The summed E-state index contributed by atoms with van der Waals surface area (Å²) in [6.07, 6.45) is 5.24. The van der Waals surface area contributed by atoms with Crippen LogP contribution in [0.25, 0.3) is 22.3 Å². The summed E-state index contributed by atoms with van der Waals surface area (Å²) >= 11 is 0. The number of unbranched alkanes of at least 4 members (excludes halogenated alkanes) is 1. The Hall–Kier alpha value is -2.71. The molecule has 0 aliphatic carbocycles. The molecule has 2 heterocycles. The van der Waals surface area contributed by atoms with E-state index in [9.17, 15) is 0 Å². The molecule has 2 aromatic heterocycles. The first-order chi connectivity index (χ1) is 12.2. The largest absolute Gasteiger partial charge is 0.309 e. The summed E-state index contributed by atoms with van der Waals surface area (Å²) < 4.78 is 1.67. The predicted octanol–water partition coefficient (Wildman–Crippen LogP) is 3.51. The van der Waals surface area contributed by atoms with Crippen molar-refractivity contribution in [2.45, 2.75) is 25.8 Å². The van der Waals surface area contributed by atoms with E-state index >= 15 is 0 Å². The van der Waals surface area contributed by atoms with Crippen molar-refractivity contribution in [1.82, 2.24) is 19.7 Å². The third-order valence-corrected chi connectivity index (χ3v) is 4.28. The van der Waals surface area contributed by atoms with Gasteiger partial charge in [-0.2, -0.15) is 10.4 Å². The van der Waals surface area contributed by atoms with Crippen LogP contribution in [-0.4, -0.2) is 40.3 Å². The molecule has 0 amide bonds. The van der Waals surface area contributed by atoms with Gasteiger partial charge in [-0.05, 0) is 57.6 Å². The van der Waals surface area contributed by atoms with Crippen molar-refractivity contribution in [3.63, 3.8) is 0 Å². The van der Waals surface area contributed by atoms with E-state index < -0.39 is 0 Å². The lowest BCUT2D eigenvalue weighted by Gasteiger charge is -2.08. The zero-order valence-corrected chi connectivity index (χ0v) is 14.8. The van der Waals surface area contributed by atoms with Gasteiger partial charge in [0.15, 0.2) is 5.65 Å². The summed E-state index contributed by atoms with van der Waals surface area (Å²) in [5.74, 6) is 0. The number of aryl methyl sites for hydroxylation is 1. The van der Waals surface area contributed by atoms with Crippen molar-refractivity contribution in [3.8, 4) is 17.3 Å². The molecular formula is C20H23N5. The van der Waals surface area contributed by atoms with E-state index in [0.29, 0.717) is 0 Å². The van der Waals surface area contributed by atoms with E-state index in [1.54, 1.807) is 10.9 Å². The van der Waals surface area contributed by atoms with E-state index in [2.05, 4.69) is 59.4 Å². The zero-order valence-electron chi connectivity index (χ0n) is 14.8. The molecule has 0 atom stereocenters. The summed E-state index contributed by atoms with van der Waals surface area (Å²) in [6.45, 7) is 1.34. The monoisotopic (exact) mass is 333 g/mol. The van der Waals surface area contributed by atoms with Gasteiger partial charge in [0.25, 0.3) is 0 Å². The molecule has 0 unspecified atom stereocenters. The number of fused-ring (bicyclic) bond motifs is 1. The first-order valence-electron chi connectivity index (χ1n) is 8.61. The Balaban J connectivity index is 1.78. The van der Waals surface area contributed by atoms with Crippen molar-refractivity contribution in [2.75, 3.05) is 20.6 Å². The highest BCUT2D eigenvalue weighted by Crippen LogP contribution is 2.27. The molecule has 3 aromatic rings. The second-order valence-corrected chi connectivity index (χ2v) is 6.50. The molecule has 25 heavy (non-hydrogen) atoms. The fourth-order valence-electron chi connectivity index (χ4n) is 2.99. The number of pyridine rings is 1. The Labute approximate surface area is 148 Å². The van der Waals surface area contributed by atoms with Crippen molar-refractivity contribution < 1.29 is 0 Å². The highest BCUT2D eigenvalue weighted by Gasteiger charge is 2.12. The second kappa shape index (κ2) is 7.91. The van der Waals surface area contributed by atoms with Crippen LogP contribution >= 0.6 is 0 Å². The number of hydrogen-bond acceptors (Lipinski definition) is 4. The molecule has 0 bridgehead atoms. The van der Waals surface area contributed by atoms with E-state index in [0.717, 1.165) is 35.3 Å². The summed E-state index contributed by atoms with van der Waals surface area (Å²) in [5, 5.41) is 14.6. The van der Waals surface area contributed by atoms with Crippen LogP contribution in [0.15, 0.2) is 42.6 Å². The van der Waals surface area contributed by atoms with Crippen LogP contribution in [0.5, 0.6) is 0 Å². The van der Waals surface area contributed by atoms with Crippen LogP contribution in [0, 0.1) is 11.3 Å². The van der Waals surface area contributed by atoms with E-state index in [1.807, 2.05) is 12.1 Å². The molecule has 128 valence electrons. The molecular weight excluding hydrogens is 310 g/mol. The number of rotatable bonds is 7. The van der Waals surface area contributed by atoms with E-state index in [4.69, 9.17) is 5.26 Å². The molecule has 5 nitrogen and oxygen atoms in total. The molecule has 5 heteroatoms. The molecule has 3 rings (SSSR count). The molecule has 0 fully saturated rings. The van der Waals surface area contributed by atoms with Gasteiger partial charge in [0.05, 0.1) is 6.07 Å². The minimum absolute atomic E-state index is 0.206. The van der Waals surface area contributed by atoms with Crippen LogP contribution in [-0.2, 0) is 13.0 Å². The Morgan fingerprint density at radius 1 is 1.12 bits per heavy atom. The lowest BCUT2D eigenvalue weighted by molar-refractivity contribution is 0.394. The number of benzene rings is 1. The van der Waals surface area contributed by atoms with Gasteiger partial charge in [0, 0.05) is 17.1 Å². The Kier molecular flexibility index (Phi) is 5.42. The van der Waals surface area contributed by atoms with Gasteiger partial charge >= 0.3 is 0 Å². The highest BCUT2D eigenvalue weighted by atomic mass is 15.3. The third-order valence-electron chi connectivity index (χ3n) is 4.28. The normalized spacial score (nSPS) is 11.1. The van der Waals surface area contributed by atoms with Gasteiger partial charge in [0.1, 0.15) is 12.2 Å². The van der Waals surface area contributed by atoms with Crippen molar-refractivity contribution >= 4 is 11.0 Å². The van der Waals surface area contributed by atoms with Crippen LogP contribution in [0.1, 0.15) is 18.4 Å². The highest BCUT2D eigenvalue weighted by molar-refractivity contribution is 5.91. The van der Waals surface area contributed by atoms with Crippen molar-refractivity contribution in [3.05, 3.63) is 48.2 Å². The summed E-state index contributed by atoms with van der Waals surface area (Å²) in [5.41, 5.74) is 4.05. The van der Waals surface area contributed by atoms with Crippen LogP contribution in [0.2, 0.25) is 0 Å². The van der Waals surface area contributed by atoms with Gasteiger partial charge < -0.3 is 4.90 Å². The fourth-order valence-corrected chi connectivity index (χ4v) is 2.99. The topological polar surface area (TPSA) is 57.7 Å². The number of aromatic nitrogens is 3. The minimum atomic E-state index is 0.206. The quantitative estimate of drug-likeness (QED) is 0.621. The molecule has 0 aliphatic heterocycles. The predicted molar refractivity (Wildman–Crippen MR) is 100 cm³/mol. The summed E-state index contributed by atoms with van der Waals surface area (Å²) in [4.78, 5) is 6.59. The maximum Gasteiger partial charge on any atom is 0.159 e. The molecule has 0 saturated heterocycles. The Morgan fingerprint density at radius 2 is 1.92 bits per heavy atom. The van der Waals surface area contributed by atoms with Crippen LogP contribution in [0.3, 0.4) is 0 Å². The van der Waals surface area contributed by atoms with Gasteiger partial charge in [-0.3, -0.25) is 0 Å². The van der Waals surface area contributed by atoms with Gasteiger partial charge in [-0.25, -0.2) is 9.67 Å². The third kappa shape index (κ3) is 4.04.